The minimum atomic E-state index is 0.700. The van der Waals surface area contributed by atoms with Crippen molar-refractivity contribution in [2.45, 2.75) is 38.0 Å². The van der Waals surface area contributed by atoms with Gasteiger partial charge in [-0.2, -0.15) is 0 Å². The first-order valence-corrected chi connectivity index (χ1v) is 6.99. The highest BCUT2D eigenvalue weighted by Gasteiger charge is 2.19. The van der Waals surface area contributed by atoms with Crippen LogP contribution in [-0.4, -0.2) is 4.43 Å². The van der Waals surface area contributed by atoms with Crippen LogP contribution in [0.2, 0.25) is 0 Å². The minimum Gasteiger partial charge on any atom is -0.0857 e. The predicted molar refractivity (Wildman–Crippen MR) is 70.3 cm³/mol. The van der Waals surface area contributed by atoms with E-state index in [1.54, 1.807) is 5.56 Å². The van der Waals surface area contributed by atoms with Crippen molar-refractivity contribution in [2.24, 2.45) is 0 Å². The summed E-state index contributed by atoms with van der Waals surface area (Å²) in [5.74, 6) is 1.57. The minimum absolute atomic E-state index is 0.700. The number of alkyl halides is 1. The zero-order valence-electron chi connectivity index (χ0n) is 8.67. The van der Waals surface area contributed by atoms with Crippen molar-refractivity contribution in [3.05, 3.63) is 35.4 Å². The van der Waals surface area contributed by atoms with Crippen LogP contribution >= 0.6 is 22.6 Å². The second-order valence-corrected chi connectivity index (χ2v) is 5.23. The largest absolute Gasteiger partial charge is 0.0857 e. The molecule has 0 N–H and O–H groups in total. The van der Waals surface area contributed by atoms with Crippen molar-refractivity contribution in [2.75, 3.05) is 4.43 Å². The standard InChI is InChI=1S/C13H17I/c1-10(9-14)11-5-7-13(8-6-11)12-3-2-4-12/h5-8,10,12H,2-4,9H2,1H3. The summed E-state index contributed by atoms with van der Waals surface area (Å²) in [6.45, 7) is 2.30. The van der Waals surface area contributed by atoms with Gasteiger partial charge in [-0.1, -0.05) is 60.2 Å². The normalized spacial score (nSPS) is 19.0. The molecule has 1 aliphatic carbocycles. The fourth-order valence-corrected chi connectivity index (χ4v) is 2.44. The molecule has 1 aromatic carbocycles. The van der Waals surface area contributed by atoms with Gasteiger partial charge in [-0.15, -0.1) is 0 Å². The lowest BCUT2D eigenvalue weighted by molar-refractivity contribution is 0.419. The molecule has 0 nitrogen and oxygen atoms in total. The van der Waals surface area contributed by atoms with E-state index in [4.69, 9.17) is 0 Å². The summed E-state index contributed by atoms with van der Waals surface area (Å²) in [5, 5.41) is 0. The molecule has 0 bridgehead atoms. The van der Waals surface area contributed by atoms with Gasteiger partial charge in [0.2, 0.25) is 0 Å². The summed E-state index contributed by atoms with van der Waals surface area (Å²) in [6, 6.07) is 9.30. The first-order valence-electron chi connectivity index (χ1n) is 5.47. The van der Waals surface area contributed by atoms with Gasteiger partial charge in [0.15, 0.2) is 0 Å². The van der Waals surface area contributed by atoms with Crippen LogP contribution < -0.4 is 0 Å². The number of halogens is 1. The molecule has 1 unspecified atom stereocenters. The van der Waals surface area contributed by atoms with E-state index in [2.05, 4.69) is 53.8 Å². The Morgan fingerprint density at radius 3 is 2.36 bits per heavy atom. The Hall–Kier alpha value is -0.0500. The number of hydrogen-bond acceptors (Lipinski definition) is 0. The first kappa shape index (κ1) is 10.5. The van der Waals surface area contributed by atoms with Gasteiger partial charge in [0.1, 0.15) is 0 Å². The maximum Gasteiger partial charge on any atom is 0.00616 e. The molecule has 76 valence electrons. The average Bonchev–Trinajstić information content (AvgIpc) is 2.15. The lowest BCUT2D eigenvalue weighted by atomic mass is 9.80. The van der Waals surface area contributed by atoms with Gasteiger partial charge in [-0.3, -0.25) is 0 Å². The fraction of sp³-hybridized carbons (Fsp3) is 0.538. The van der Waals surface area contributed by atoms with Gasteiger partial charge in [0.05, 0.1) is 0 Å². The van der Waals surface area contributed by atoms with Crippen LogP contribution in [0, 0.1) is 0 Å². The number of benzene rings is 1. The molecule has 0 amide bonds. The number of rotatable bonds is 3. The Balaban J connectivity index is 2.09. The van der Waals surface area contributed by atoms with Crippen molar-refractivity contribution in [3.8, 4) is 0 Å². The van der Waals surface area contributed by atoms with E-state index in [-0.39, 0.29) is 0 Å². The van der Waals surface area contributed by atoms with E-state index >= 15 is 0 Å². The van der Waals surface area contributed by atoms with Crippen LogP contribution in [0.15, 0.2) is 24.3 Å². The predicted octanol–water partition coefficient (Wildman–Crippen LogP) is 4.49. The summed E-state index contributed by atoms with van der Waals surface area (Å²) >= 11 is 2.46. The van der Waals surface area contributed by atoms with Crippen LogP contribution in [0.1, 0.15) is 49.1 Å². The van der Waals surface area contributed by atoms with Crippen molar-refractivity contribution in [1.82, 2.24) is 0 Å². The SMILES string of the molecule is CC(CI)c1ccc(C2CCC2)cc1. The molecule has 0 aliphatic heterocycles. The molecule has 0 radical (unpaired) electrons. The Bertz CT molecular complexity index is 261. The smallest absolute Gasteiger partial charge is 0.00616 e. The molecule has 1 aliphatic rings. The van der Waals surface area contributed by atoms with Crippen LogP contribution in [0.3, 0.4) is 0 Å². The van der Waals surface area contributed by atoms with E-state index in [1.807, 2.05) is 0 Å². The van der Waals surface area contributed by atoms with E-state index in [0.717, 1.165) is 5.92 Å². The van der Waals surface area contributed by atoms with Crippen molar-refractivity contribution in [1.29, 1.82) is 0 Å². The molecular weight excluding hydrogens is 283 g/mol. The molecule has 0 heterocycles. The lowest BCUT2D eigenvalue weighted by Crippen LogP contribution is -2.08. The summed E-state index contributed by atoms with van der Waals surface area (Å²) in [6.07, 6.45) is 4.24. The molecule has 1 fully saturated rings. The quantitative estimate of drug-likeness (QED) is 0.570. The van der Waals surface area contributed by atoms with Crippen molar-refractivity contribution >= 4 is 22.6 Å². The molecular formula is C13H17I. The van der Waals surface area contributed by atoms with Crippen LogP contribution in [0.4, 0.5) is 0 Å². The summed E-state index contributed by atoms with van der Waals surface area (Å²) in [7, 11) is 0. The van der Waals surface area contributed by atoms with Crippen LogP contribution in [0.5, 0.6) is 0 Å². The van der Waals surface area contributed by atoms with E-state index in [9.17, 15) is 0 Å². The summed E-state index contributed by atoms with van der Waals surface area (Å²) in [4.78, 5) is 0. The van der Waals surface area contributed by atoms with E-state index < -0.39 is 0 Å². The van der Waals surface area contributed by atoms with Gasteiger partial charge < -0.3 is 0 Å². The zero-order chi connectivity index (χ0) is 9.97. The Morgan fingerprint density at radius 2 is 1.93 bits per heavy atom. The average molecular weight is 300 g/mol. The third kappa shape index (κ3) is 2.13. The zero-order valence-corrected chi connectivity index (χ0v) is 10.8. The topological polar surface area (TPSA) is 0 Å². The second kappa shape index (κ2) is 4.65. The molecule has 0 aromatic heterocycles. The fourth-order valence-electron chi connectivity index (χ4n) is 1.93. The van der Waals surface area contributed by atoms with Gasteiger partial charge >= 0.3 is 0 Å². The van der Waals surface area contributed by atoms with Gasteiger partial charge in [0.25, 0.3) is 0 Å². The molecule has 1 saturated carbocycles. The summed E-state index contributed by atoms with van der Waals surface area (Å²) < 4.78 is 1.21. The van der Waals surface area contributed by atoms with Gasteiger partial charge in [-0.05, 0) is 35.8 Å². The monoisotopic (exact) mass is 300 g/mol. The van der Waals surface area contributed by atoms with E-state index in [0.29, 0.717) is 5.92 Å². The number of hydrogen-bond donors (Lipinski definition) is 0. The Labute approximate surface area is 100 Å². The van der Waals surface area contributed by atoms with Crippen LogP contribution in [-0.2, 0) is 0 Å². The highest BCUT2D eigenvalue weighted by molar-refractivity contribution is 14.1. The third-order valence-corrected chi connectivity index (χ3v) is 4.63. The summed E-state index contributed by atoms with van der Waals surface area (Å²) in [5.41, 5.74) is 3.04. The molecule has 14 heavy (non-hydrogen) atoms. The maximum atomic E-state index is 2.46. The van der Waals surface area contributed by atoms with Crippen molar-refractivity contribution < 1.29 is 0 Å². The second-order valence-electron chi connectivity index (χ2n) is 4.35. The lowest BCUT2D eigenvalue weighted by Gasteiger charge is -2.26. The molecule has 1 atom stereocenters. The van der Waals surface area contributed by atoms with E-state index in [1.165, 1.54) is 29.3 Å². The Morgan fingerprint density at radius 1 is 1.29 bits per heavy atom. The highest BCUT2D eigenvalue weighted by Crippen LogP contribution is 2.36. The van der Waals surface area contributed by atoms with Gasteiger partial charge in [0, 0.05) is 4.43 Å². The first-order chi connectivity index (χ1) is 6.81. The molecule has 0 spiro atoms. The molecule has 2 rings (SSSR count). The maximum absolute atomic E-state index is 2.46. The molecule has 0 saturated heterocycles. The Kier molecular flexibility index (Phi) is 3.47. The third-order valence-electron chi connectivity index (χ3n) is 3.31. The van der Waals surface area contributed by atoms with Gasteiger partial charge in [-0.25, -0.2) is 0 Å². The molecule has 1 aromatic rings. The highest BCUT2D eigenvalue weighted by atomic mass is 127. The van der Waals surface area contributed by atoms with Crippen LogP contribution in [0.25, 0.3) is 0 Å². The van der Waals surface area contributed by atoms with Crippen molar-refractivity contribution in [3.63, 3.8) is 0 Å². The molecule has 1 heteroatoms.